The summed E-state index contributed by atoms with van der Waals surface area (Å²) in [5.74, 6) is -0.998. The summed E-state index contributed by atoms with van der Waals surface area (Å²) in [6, 6.07) is 21.2. The molecule has 1 heterocycles. The van der Waals surface area contributed by atoms with Gasteiger partial charge in [0.25, 0.3) is 0 Å². The van der Waals surface area contributed by atoms with E-state index in [4.69, 9.17) is 9.47 Å². The molecule has 0 aliphatic rings. The molecule has 4 rings (SSSR count). The summed E-state index contributed by atoms with van der Waals surface area (Å²) in [7, 11) is 1.45. The maximum Gasteiger partial charge on any atom is 0.342 e. The fourth-order valence-electron chi connectivity index (χ4n) is 3.34. The fraction of sp³-hybridized carbons (Fsp3) is 0.0833. The number of phenolic OH excluding ortho intramolecular Hbond substituents is 1. The van der Waals surface area contributed by atoms with Gasteiger partial charge in [0, 0.05) is 10.9 Å². The van der Waals surface area contributed by atoms with Crippen LogP contribution in [-0.2, 0) is 4.74 Å². The second kappa shape index (κ2) is 8.13. The topological polar surface area (TPSA) is 88.6 Å². The first-order chi connectivity index (χ1) is 14.6. The monoisotopic (exact) mass is 401 g/mol. The number of aromatic hydroxyl groups is 1. The smallest absolute Gasteiger partial charge is 0.342 e. The van der Waals surface area contributed by atoms with Gasteiger partial charge in [-0.1, -0.05) is 48.5 Å². The highest BCUT2D eigenvalue weighted by molar-refractivity contribution is 6.14. The summed E-state index contributed by atoms with van der Waals surface area (Å²) >= 11 is 0. The van der Waals surface area contributed by atoms with Crippen molar-refractivity contribution in [1.29, 1.82) is 0 Å². The molecule has 0 atom stereocenters. The Labute approximate surface area is 172 Å². The quantitative estimate of drug-likeness (QED) is 0.364. The maximum absolute atomic E-state index is 13.1. The number of hydrogen-bond acceptors (Lipinski definition) is 5. The van der Waals surface area contributed by atoms with Crippen molar-refractivity contribution in [2.75, 3.05) is 13.7 Å². The van der Waals surface area contributed by atoms with Gasteiger partial charge < -0.3 is 19.6 Å². The first-order valence-corrected chi connectivity index (χ1v) is 9.32. The van der Waals surface area contributed by atoms with Crippen LogP contribution in [0.4, 0.5) is 0 Å². The van der Waals surface area contributed by atoms with Crippen LogP contribution in [0.15, 0.2) is 72.8 Å². The lowest BCUT2D eigenvalue weighted by molar-refractivity contribution is 0.0472. The molecule has 4 aromatic rings. The number of ether oxygens (including phenoxy) is 2. The molecule has 0 radical (unpaired) electrons. The highest BCUT2D eigenvalue weighted by Crippen LogP contribution is 2.31. The predicted octanol–water partition coefficient (Wildman–Crippen LogP) is 4.59. The molecule has 0 spiro atoms. The van der Waals surface area contributed by atoms with Gasteiger partial charge in [-0.25, -0.2) is 4.79 Å². The van der Waals surface area contributed by atoms with Gasteiger partial charge in [0.2, 0.25) is 5.78 Å². The number of para-hydroxylation sites is 1. The summed E-state index contributed by atoms with van der Waals surface area (Å²) in [6.45, 7) is -0.461. The number of aromatic nitrogens is 1. The SMILES string of the molecule is COc1ccc(O)c(C(=O)OCC(=O)c2c(-c3ccccc3)[nH]c3ccccc23)c1. The van der Waals surface area contributed by atoms with Gasteiger partial charge in [-0.05, 0) is 29.8 Å². The van der Waals surface area contributed by atoms with Crippen LogP contribution in [0.5, 0.6) is 11.5 Å². The van der Waals surface area contributed by atoms with Crippen LogP contribution in [0.3, 0.4) is 0 Å². The van der Waals surface area contributed by atoms with Crippen molar-refractivity contribution in [3.8, 4) is 22.8 Å². The van der Waals surface area contributed by atoms with E-state index in [1.807, 2.05) is 54.6 Å². The van der Waals surface area contributed by atoms with Crippen LogP contribution in [-0.4, -0.2) is 35.6 Å². The van der Waals surface area contributed by atoms with Crippen LogP contribution < -0.4 is 4.74 Å². The molecule has 0 fully saturated rings. The molecule has 0 aliphatic heterocycles. The lowest BCUT2D eigenvalue weighted by Crippen LogP contribution is -2.15. The van der Waals surface area contributed by atoms with Gasteiger partial charge in [0.15, 0.2) is 6.61 Å². The van der Waals surface area contributed by atoms with Crippen molar-refractivity contribution >= 4 is 22.7 Å². The zero-order valence-corrected chi connectivity index (χ0v) is 16.2. The third-order valence-corrected chi connectivity index (χ3v) is 4.81. The Morgan fingerprint density at radius 3 is 2.47 bits per heavy atom. The molecule has 0 aliphatic carbocycles. The maximum atomic E-state index is 13.1. The summed E-state index contributed by atoms with van der Waals surface area (Å²) in [5.41, 5.74) is 2.73. The molecular weight excluding hydrogens is 382 g/mol. The number of benzene rings is 3. The first-order valence-electron chi connectivity index (χ1n) is 9.32. The number of esters is 1. The van der Waals surface area contributed by atoms with E-state index in [2.05, 4.69) is 4.98 Å². The number of carbonyl (C=O) groups excluding carboxylic acids is 2. The van der Waals surface area contributed by atoms with Crippen molar-refractivity contribution in [2.24, 2.45) is 0 Å². The van der Waals surface area contributed by atoms with Crippen LogP contribution >= 0.6 is 0 Å². The van der Waals surface area contributed by atoms with Crippen molar-refractivity contribution in [1.82, 2.24) is 4.98 Å². The lowest BCUT2D eigenvalue weighted by atomic mass is 10.0. The zero-order valence-electron chi connectivity index (χ0n) is 16.2. The largest absolute Gasteiger partial charge is 0.507 e. The van der Waals surface area contributed by atoms with E-state index >= 15 is 0 Å². The van der Waals surface area contributed by atoms with E-state index < -0.39 is 12.6 Å². The summed E-state index contributed by atoms with van der Waals surface area (Å²) < 4.78 is 10.3. The Hall–Kier alpha value is -4.06. The number of hydrogen-bond donors (Lipinski definition) is 2. The molecule has 2 N–H and O–H groups in total. The van der Waals surface area contributed by atoms with Gasteiger partial charge >= 0.3 is 5.97 Å². The average Bonchev–Trinajstić information content (AvgIpc) is 3.18. The lowest BCUT2D eigenvalue weighted by Gasteiger charge is -2.09. The molecule has 0 saturated carbocycles. The normalized spacial score (nSPS) is 10.7. The third-order valence-electron chi connectivity index (χ3n) is 4.81. The second-order valence-electron chi connectivity index (χ2n) is 6.67. The van der Waals surface area contributed by atoms with Gasteiger partial charge in [-0.15, -0.1) is 0 Å². The standard InChI is InChI=1S/C24H19NO5/c1-29-16-11-12-20(26)18(13-16)24(28)30-14-21(27)22-17-9-5-6-10-19(17)25-23(22)15-7-3-2-4-8-15/h2-13,25-26H,14H2,1H3. The number of aromatic amines is 1. The molecule has 0 bridgehead atoms. The van der Waals surface area contributed by atoms with Crippen molar-refractivity contribution in [3.05, 3.63) is 83.9 Å². The predicted molar refractivity (Wildman–Crippen MR) is 113 cm³/mol. The van der Waals surface area contributed by atoms with Crippen molar-refractivity contribution < 1.29 is 24.2 Å². The molecule has 3 aromatic carbocycles. The molecule has 0 amide bonds. The minimum Gasteiger partial charge on any atom is -0.507 e. The Balaban J connectivity index is 1.63. The van der Waals surface area contributed by atoms with Crippen LogP contribution in [0.25, 0.3) is 22.2 Å². The highest BCUT2D eigenvalue weighted by Gasteiger charge is 2.22. The second-order valence-corrected chi connectivity index (χ2v) is 6.67. The zero-order chi connectivity index (χ0) is 21.1. The van der Waals surface area contributed by atoms with Crippen molar-refractivity contribution in [3.63, 3.8) is 0 Å². The summed E-state index contributed by atoms with van der Waals surface area (Å²) in [5, 5.41) is 10.7. The Morgan fingerprint density at radius 1 is 0.967 bits per heavy atom. The highest BCUT2D eigenvalue weighted by atomic mass is 16.5. The number of H-pyrrole nitrogens is 1. The molecule has 6 heteroatoms. The summed E-state index contributed by atoms with van der Waals surface area (Å²) in [6.07, 6.45) is 0. The molecule has 1 aromatic heterocycles. The summed E-state index contributed by atoms with van der Waals surface area (Å²) in [4.78, 5) is 28.8. The molecule has 0 saturated heterocycles. The van der Waals surface area contributed by atoms with Crippen LogP contribution in [0.1, 0.15) is 20.7 Å². The molecule has 30 heavy (non-hydrogen) atoms. The van der Waals surface area contributed by atoms with E-state index in [-0.39, 0.29) is 17.1 Å². The minimum absolute atomic E-state index is 0.0654. The number of methoxy groups -OCH3 is 1. The number of ketones is 1. The van der Waals surface area contributed by atoms with E-state index in [0.717, 1.165) is 16.5 Å². The number of Topliss-reactive ketones (excluding diaryl/α,β-unsaturated/α-hetero) is 1. The minimum atomic E-state index is -0.805. The van der Waals surface area contributed by atoms with Crippen molar-refractivity contribution in [2.45, 2.75) is 0 Å². The number of nitrogens with one attached hydrogen (secondary N) is 1. The van der Waals surface area contributed by atoms with Gasteiger partial charge in [0.1, 0.15) is 17.1 Å². The average molecular weight is 401 g/mol. The van der Waals surface area contributed by atoms with Gasteiger partial charge in [0.05, 0.1) is 18.4 Å². The van der Waals surface area contributed by atoms with Gasteiger partial charge in [-0.2, -0.15) is 0 Å². The number of fused-ring (bicyclic) bond motifs is 1. The molecule has 150 valence electrons. The van der Waals surface area contributed by atoms with E-state index in [9.17, 15) is 14.7 Å². The molecule has 6 nitrogen and oxygen atoms in total. The van der Waals surface area contributed by atoms with E-state index in [1.54, 1.807) is 0 Å². The number of phenols is 1. The molecule has 0 unspecified atom stereocenters. The van der Waals surface area contributed by atoms with Crippen LogP contribution in [0, 0.1) is 0 Å². The number of rotatable bonds is 6. The third kappa shape index (κ3) is 3.63. The van der Waals surface area contributed by atoms with E-state index in [1.165, 1.54) is 25.3 Å². The fourth-order valence-corrected chi connectivity index (χ4v) is 3.34. The Bertz CT molecular complexity index is 1230. The molecular formula is C24H19NO5. The Morgan fingerprint density at radius 2 is 1.70 bits per heavy atom. The Kier molecular flexibility index (Phi) is 5.22. The number of carbonyl (C=O) groups is 2. The van der Waals surface area contributed by atoms with Gasteiger partial charge in [-0.3, -0.25) is 4.79 Å². The van der Waals surface area contributed by atoms with Crippen LogP contribution in [0.2, 0.25) is 0 Å². The first kappa shape index (κ1) is 19.3. The van der Waals surface area contributed by atoms with E-state index in [0.29, 0.717) is 17.0 Å².